The summed E-state index contributed by atoms with van der Waals surface area (Å²) in [6, 6.07) is 0. The number of halogens is 1. The zero-order valence-corrected chi connectivity index (χ0v) is 19.4. The van der Waals surface area contributed by atoms with Crippen molar-refractivity contribution in [3.8, 4) is 0 Å². The molecule has 0 aromatic heterocycles. The van der Waals surface area contributed by atoms with E-state index < -0.39 is 0 Å². The highest BCUT2D eigenvalue weighted by Gasteiger charge is 2.34. The molecule has 0 radical (unpaired) electrons. The molecule has 1 rings (SSSR count). The van der Waals surface area contributed by atoms with Gasteiger partial charge in [-0.25, -0.2) is 0 Å². The highest BCUT2D eigenvalue weighted by molar-refractivity contribution is 14.0. The Bertz CT molecular complexity index is 357. The number of ether oxygens (including phenoxy) is 1. The van der Waals surface area contributed by atoms with Gasteiger partial charge in [0.15, 0.2) is 5.96 Å². The number of hydrogen-bond acceptors (Lipinski definition) is 3. The molecule has 0 bridgehead atoms. The second kappa shape index (κ2) is 14.0. The van der Waals surface area contributed by atoms with Crippen molar-refractivity contribution in [2.75, 3.05) is 46.9 Å². The van der Waals surface area contributed by atoms with Crippen molar-refractivity contribution in [2.24, 2.45) is 10.9 Å². The van der Waals surface area contributed by atoms with Gasteiger partial charge in [-0.3, -0.25) is 4.99 Å². The maximum absolute atomic E-state index is 5.55. The Morgan fingerprint density at radius 3 is 2.36 bits per heavy atom. The summed E-state index contributed by atoms with van der Waals surface area (Å²) >= 11 is 0. The topological polar surface area (TPSA) is 48.9 Å². The van der Waals surface area contributed by atoms with E-state index in [4.69, 9.17) is 9.73 Å². The molecule has 2 N–H and O–H groups in total. The molecular weight excluding hydrogens is 427 g/mol. The zero-order valence-electron chi connectivity index (χ0n) is 17.1. The summed E-state index contributed by atoms with van der Waals surface area (Å²) in [6.07, 6.45) is 7.23. The monoisotopic (exact) mass is 468 g/mol. The van der Waals surface area contributed by atoms with Crippen molar-refractivity contribution in [1.82, 2.24) is 15.5 Å². The summed E-state index contributed by atoms with van der Waals surface area (Å²) in [5.41, 5.74) is 0.132. The van der Waals surface area contributed by atoms with E-state index in [1.165, 1.54) is 25.7 Å². The van der Waals surface area contributed by atoms with Crippen LogP contribution in [0.3, 0.4) is 0 Å². The fraction of sp³-hybridized carbons (Fsp3) is 0.947. The average molecular weight is 468 g/mol. The minimum atomic E-state index is 0. The number of hydrogen-bond donors (Lipinski definition) is 2. The highest BCUT2D eigenvalue weighted by atomic mass is 127. The van der Waals surface area contributed by atoms with Crippen LogP contribution in [0.25, 0.3) is 0 Å². The summed E-state index contributed by atoms with van der Waals surface area (Å²) in [5, 5.41) is 6.97. The number of rotatable bonds is 10. The van der Waals surface area contributed by atoms with E-state index in [-0.39, 0.29) is 29.5 Å². The van der Waals surface area contributed by atoms with Crippen molar-refractivity contribution >= 4 is 29.9 Å². The molecule has 0 amide bonds. The minimum Gasteiger partial charge on any atom is -0.381 e. The van der Waals surface area contributed by atoms with Crippen LogP contribution in [-0.4, -0.2) is 63.3 Å². The van der Waals surface area contributed by atoms with Gasteiger partial charge in [0.25, 0.3) is 0 Å². The first-order valence-corrected chi connectivity index (χ1v) is 9.85. The van der Waals surface area contributed by atoms with Gasteiger partial charge in [0, 0.05) is 31.8 Å². The number of unbranched alkanes of at least 4 members (excludes halogenated alkanes) is 1. The first-order valence-electron chi connectivity index (χ1n) is 9.85. The van der Waals surface area contributed by atoms with Crippen LogP contribution >= 0.6 is 24.0 Å². The fourth-order valence-corrected chi connectivity index (χ4v) is 3.25. The summed E-state index contributed by atoms with van der Waals surface area (Å²) < 4.78 is 5.55. The molecule has 0 aliphatic carbocycles. The lowest BCUT2D eigenvalue weighted by Gasteiger charge is -2.41. The van der Waals surface area contributed by atoms with E-state index in [0.29, 0.717) is 0 Å². The molecule has 1 heterocycles. The Labute approximate surface area is 172 Å². The quantitative estimate of drug-likeness (QED) is 0.293. The standard InChI is InChI=1S/C19H40N4O.HI/c1-6-9-10-17(7-2)15-21-18(20-8-3)22-16-19(23(4)5)11-13-24-14-12-19;/h17H,6-16H2,1-5H3,(H2,20,21,22);1H. The van der Waals surface area contributed by atoms with Gasteiger partial charge in [-0.05, 0) is 46.2 Å². The van der Waals surface area contributed by atoms with E-state index in [2.05, 4.69) is 50.4 Å². The number of guanidine groups is 1. The van der Waals surface area contributed by atoms with Crippen molar-refractivity contribution in [1.29, 1.82) is 0 Å². The fourth-order valence-electron chi connectivity index (χ4n) is 3.25. The Kier molecular flexibility index (Phi) is 14.0. The molecular formula is C19H41IN4O. The predicted molar refractivity (Wildman–Crippen MR) is 119 cm³/mol. The third-order valence-electron chi connectivity index (χ3n) is 5.35. The normalized spacial score (nSPS) is 18.6. The molecule has 1 unspecified atom stereocenters. The Balaban J connectivity index is 0.00000576. The van der Waals surface area contributed by atoms with Crippen LogP contribution in [0.15, 0.2) is 4.99 Å². The lowest BCUT2D eigenvalue weighted by Crippen LogP contribution is -2.52. The first-order chi connectivity index (χ1) is 11.6. The van der Waals surface area contributed by atoms with Gasteiger partial charge in [-0.1, -0.05) is 33.1 Å². The van der Waals surface area contributed by atoms with Crippen LogP contribution in [0.4, 0.5) is 0 Å². The van der Waals surface area contributed by atoms with Gasteiger partial charge in [0.05, 0.1) is 6.54 Å². The Morgan fingerprint density at radius 1 is 1.16 bits per heavy atom. The first kappa shape index (κ1) is 24.9. The van der Waals surface area contributed by atoms with E-state index >= 15 is 0 Å². The van der Waals surface area contributed by atoms with Crippen molar-refractivity contribution in [2.45, 2.75) is 64.8 Å². The van der Waals surface area contributed by atoms with E-state index in [1.54, 1.807) is 0 Å². The zero-order chi connectivity index (χ0) is 17.8. The molecule has 0 aromatic carbocycles. The van der Waals surface area contributed by atoms with Crippen LogP contribution in [0, 0.1) is 5.92 Å². The van der Waals surface area contributed by atoms with Crippen molar-refractivity contribution in [3.05, 3.63) is 0 Å². The van der Waals surface area contributed by atoms with Gasteiger partial charge >= 0.3 is 0 Å². The van der Waals surface area contributed by atoms with E-state index in [1.807, 2.05) is 0 Å². The molecule has 0 spiro atoms. The Hall–Kier alpha value is -0.0800. The summed E-state index contributed by atoms with van der Waals surface area (Å²) in [4.78, 5) is 7.25. The lowest BCUT2D eigenvalue weighted by atomic mass is 9.89. The van der Waals surface area contributed by atoms with Crippen LogP contribution in [0.1, 0.15) is 59.3 Å². The molecule has 6 heteroatoms. The summed E-state index contributed by atoms with van der Waals surface area (Å²) in [6.45, 7) is 11.1. The predicted octanol–water partition coefficient (Wildman–Crippen LogP) is 3.49. The molecule has 1 saturated heterocycles. The molecule has 1 fully saturated rings. The maximum atomic E-state index is 5.55. The lowest BCUT2D eigenvalue weighted by molar-refractivity contribution is -0.00255. The minimum absolute atomic E-state index is 0. The number of likely N-dealkylation sites (N-methyl/N-ethyl adjacent to an activating group) is 1. The van der Waals surface area contributed by atoms with E-state index in [9.17, 15) is 0 Å². The van der Waals surface area contributed by atoms with Gasteiger partial charge < -0.3 is 20.3 Å². The molecule has 25 heavy (non-hydrogen) atoms. The van der Waals surface area contributed by atoms with Crippen LogP contribution in [-0.2, 0) is 4.74 Å². The molecule has 1 atom stereocenters. The molecule has 1 aliphatic rings. The second-order valence-corrected chi connectivity index (χ2v) is 7.22. The number of nitrogens with zero attached hydrogens (tertiary/aromatic N) is 2. The van der Waals surface area contributed by atoms with Crippen molar-refractivity contribution in [3.63, 3.8) is 0 Å². The Morgan fingerprint density at radius 2 is 1.84 bits per heavy atom. The smallest absolute Gasteiger partial charge is 0.191 e. The third-order valence-corrected chi connectivity index (χ3v) is 5.35. The van der Waals surface area contributed by atoms with Gasteiger partial charge in [0.1, 0.15) is 0 Å². The average Bonchev–Trinajstić information content (AvgIpc) is 2.60. The molecule has 5 nitrogen and oxygen atoms in total. The maximum Gasteiger partial charge on any atom is 0.191 e. The third kappa shape index (κ3) is 8.91. The molecule has 1 aliphatic heterocycles. The van der Waals surface area contributed by atoms with Crippen molar-refractivity contribution < 1.29 is 4.74 Å². The van der Waals surface area contributed by atoms with E-state index in [0.717, 1.165) is 57.6 Å². The second-order valence-electron chi connectivity index (χ2n) is 7.22. The van der Waals surface area contributed by atoms with Crippen LogP contribution in [0.2, 0.25) is 0 Å². The highest BCUT2D eigenvalue weighted by Crippen LogP contribution is 2.26. The molecule has 150 valence electrons. The summed E-state index contributed by atoms with van der Waals surface area (Å²) in [7, 11) is 4.33. The number of nitrogens with one attached hydrogen (secondary N) is 2. The molecule has 0 aromatic rings. The van der Waals surface area contributed by atoms with Gasteiger partial charge in [-0.15, -0.1) is 24.0 Å². The largest absolute Gasteiger partial charge is 0.381 e. The van der Waals surface area contributed by atoms with Crippen LogP contribution < -0.4 is 10.6 Å². The SMILES string of the molecule is CCCCC(CC)CNC(=NCC1(N(C)C)CCOCC1)NCC.I. The van der Waals surface area contributed by atoms with Crippen LogP contribution in [0.5, 0.6) is 0 Å². The summed E-state index contributed by atoms with van der Waals surface area (Å²) in [5.74, 6) is 1.69. The van der Waals surface area contributed by atoms with Gasteiger partial charge in [-0.2, -0.15) is 0 Å². The molecule has 0 saturated carbocycles. The van der Waals surface area contributed by atoms with Gasteiger partial charge in [0.2, 0.25) is 0 Å². The number of aliphatic imine (C=N–C) groups is 1.